The fourth-order valence-corrected chi connectivity index (χ4v) is 2.22. The summed E-state index contributed by atoms with van der Waals surface area (Å²) in [5, 5.41) is 0.776. The lowest BCUT2D eigenvalue weighted by Crippen LogP contribution is -2.08. The lowest BCUT2D eigenvalue weighted by Gasteiger charge is -2.06. The van der Waals surface area contributed by atoms with Gasteiger partial charge in [0.25, 0.3) is 0 Å². The van der Waals surface area contributed by atoms with E-state index in [4.69, 9.17) is 9.15 Å². The summed E-state index contributed by atoms with van der Waals surface area (Å²) in [6.45, 7) is 3.20. The molecule has 0 bridgehead atoms. The molecular formula is C16H12O4. The van der Waals surface area contributed by atoms with E-state index >= 15 is 0 Å². The smallest absolute Gasteiger partial charge is 0.308 e. The molecule has 3 rings (SSSR count). The third-order valence-corrected chi connectivity index (χ3v) is 3.07. The molecule has 4 nitrogen and oxygen atoms in total. The Kier molecular flexibility index (Phi) is 2.79. The molecule has 1 heterocycles. The van der Waals surface area contributed by atoms with Crippen LogP contribution in [0.15, 0.2) is 45.6 Å². The molecule has 2 aromatic carbocycles. The van der Waals surface area contributed by atoms with Crippen molar-refractivity contribution in [2.45, 2.75) is 13.8 Å². The van der Waals surface area contributed by atoms with Crippen molar-refractivity contribution < 1.29 is 13.9 Å². The number of aryl methyl sites for hydroxylation is 1. The third-order valence-electron chi connectivity index (χ3n) is 3.07. The minimum Gasteiger partial charge on any atom is -0.456 e. The molecule has 0 radical (unpaired) electrons. The summed E-state index contributed by atoms with van der Waals surface area (Å²) < 4.78 is 10.8. The van der Waals surface area contributed by atoms with Gasteiger partial charge in [-0.1, -0.05) is 17.7 Å². The van der Waals surface area contributed by atoms with E-state index in [0.29, 0.717) is 21.9 Å². The molecule has 100 valence electrons. The van der Waals surface area contributed by atoms with Gasteiger partial charge in [-0.3, -0.25) is 9.59 Å². The number of carbonyl (C=O) groups excluding carboxylic acids is 1. The molecule has 0 aliphatic carbocycles. The fourth-order valence-electron chi connectivity index (χ4n) is 2.22. The summed E-state index contributed by atoms with van der Waals surface area (Å²) in [6, 6.07) is 10.4. The van der Waals surface area contributed by atoms with Crippen LogP contribution in [0.3, 0.4) is 0 Å². The van der Waals surface area contributed by atoms with Gasteiger partial charge in [0, 0.05) is 6.92 Å². The molecule has 0 saturated heterocycles. The molecule has 0 unspecified atom stereocenters. The van der Waals surface area contributed by atoms with Crippen LogP contribution >= 0.6 is 0 Å². The topological polar surface area (TPSA) is 56.5 Å². The largest absolute Gasteiger partial charge is 0.456 e. The molecule has 0 aliphatic rings. The van der Waals surface area contributed by atoms with E-state index < -0.39 is 5.97 Å². The van der Waals surface area contributed by atoms with Crippen LogP contribution in [0, 0.1) is 6.92 Å². The number of carbonyl (C=O) groups is 1. The van der Waals surface area contributed by atoms with Gasteiger partial charge in [0.05, 0.1) is 5.39 Å². The van der Waals surface area contributed by atoms with Gasteiger partial charge >= 0.3 is 5.97 Å². The molecule has 0 amide bonds. The fraction of sp³-hybridized carbons (Fsp3) is 0.125. The lowest BCUT2D eigenvalue weighted by atomic mass is 10.1. The molecule has 0 saturated carbocycles. The average molecular weight is 268 g/mol. The van der Waals surface area contributed by atoms with Gasteiger partial charge in [0.2, 0.25) is 5.43 Å². The number of fused-ring (bicyclic) bond motifs is 2. The zero-order valence-electron chi connectivity index (χ0n) is 11.1. The van der Waals surface area contributed by atoms with Crippen LogP contribution in [-0.2, 0) is 4.79 Å². The standard InChI is InChI=1S/C16H12O4/c1-9-6-7-12-11(8-9)16(18)15-13(19-10(2)17)4-3-5-14(15)20-12/h3-8H,1-2H3. The van der Waals surface area contributed by atoms with Crippen molar-refractivity contribution in [1.29, 1.82) is 0 Å². The highest BCUT2D eigenvalue weighted by Crippen LogP contribution is 2.26. The van der Waals surface area contributed by atoms with Gasteiger partial charge in [-0.25, -0.2) is 0 Å². The molecule has 20 heavy (non-hydrogen) atoms. The maximum absolute atomic E-state index is 12.6. The van der Waals surface area contributed by atoms with Crippen LogP contribution in [0.1, 0.15) is 12.5 Å². The molecule has 3 aromatic rings. The van der Waals surface area contributed by atoms with Crippen LogP contribution in [0.25, 0.3) is 21.9 Å². The molecule has 0 spiro atoms. The summed E-state index contributed by atoms with van der Waals surface area (Å²) >= 11 is 0. The summed E-state index contributed by atoms with van der Waals surface area (Å²) in [7, 11) is 0. The minimum atomic E-state index is -0.471. The van der Waals surface area contributed by atoms with E-state index in [1.165, 1.54) is 6.92 Å². The van der Waals surface area contributed by atoms with Crippen molar-refractivity contribution in [3.05, 3.63) is 52.2 Å². The molecular weight excluding hydrogens is 256 g/mol. The quantitative estimate of drug-likeness (QED) is 0.386. The third kappa shape index (κ3) is 1.95. The van der Waals surface area contributed by atoms with Gasteiger partial charge in [0.15, 0.2) is 0 Å². The lowest BCUT2D eigenvalue weighted by molar-refractivity contribution is -0.131. The maximum atomic E-state index is 12.6. The predicted molar refractivity (Wildman–Crippen MR) is 76.0 cm³/mol. The molecule has 0 aliphatic heterocycles. The Bertz CT molecular complexity index is 890. The minimum absolute atomic E-state index is 0.193. The van der Waals surface area contributed by atoms with Crippen LogP contribution < -0.4 is 10.2 Å². The zero-order chi connectivity index (χ0) is 14.3. The Hall–Kier alpha value is -2.62. The van der Waals surface area contributed by atoms with Crippen molar-refractivity contribution in [2.75, 3.05) is 0 Å². The van der Waals surface area contributed by atoms with E-state index in [2.05, 4.69) is 0 Å². The van der Waals surface area contributed by atoms with E-state index in [1.54, 1.807) is 30.3 Å². The number of hydrogen-bond donors (Lipinski definition) is 0. The predicted octanol–water partition coefficient (Wildman–Crippen LogP) is 3.18. The summed E-state index contributed by atoms with van der Waals surface area (Å²) in [5.74, 6) is -0.242. The first-order valence-electron chi connectivity index (χ1n) is 6.21. The average Bonchev–Trinajstić information content (AvgIpc) is 2.39. The first-order valence-corrected chi connectivity index (χ1v) is 6.21. The highest BCUT2D eigenvalue weighted by atomic mass is 16.5. The van der Waals surface area contributed by atoms with Crippen molar-refractivity contribution in [2.24, 2.45) is 0 Å². The number of ether oxygens (including phenoxy) is 1. The summed E-state index contributed by atoms with van der Waals surface area (Å²) in [6.07, 6.45) is 0. The molecule has 4 heteroatoms. The second kappa shape index (κ2) is 4.49. The molecule has 1 aromatic heterocycles. The molecule has 0 atom stereocenters. The van der Waals surface area contributed by atoms with Crippen LogP contribution in [-0.4, -0.2) is 5.97 Å². The van der Waals surface area contributed by atoms with Crippen LogP contribution in [0.2, 0.25) is 0 Å². The SMILES string of the molecule is CC(=O)Oc1cccc2oc3ccc(C)cc3c(=O)c12. The summed E-state index contributed by atoms with van der Waals surface area (Å²) in [4.78, 5) is 23.7. The second-order valence-electron chi connectivity index (χ2n) is 4.65. The van der Waals surface area contributed by atoms with E-state index in [-0.39, 0.29) is 11.2 Å². The Morgan fingerprint density at radius 1 is 1.15 bits per heavy atom. The Balaban J connectivity index is 2.45. The normalized spacial score (nSPS) is 10.9. The second-order valence-corrected chi connectivity index (χ2v) is 4.65. The van der Waals surface area contributed by atoms with Crippen LogP contribution in [0.4, 0.5) is 0 Å². The van der Waals surface area contributed by atoms with Gasteiger partial charge in [0.1, 0.15) is 22.3 Å². The van der Waals surface area contributed by atoms with Crippen LogP contribution in [0.5, 0.6) is 5.75 Å². The Morgan fingerprint density at radius 2 is 1.95 bits per heavy atom. The van der Waals surface area contributed by atoms with Gasteiger partial charge < -0.3 is 9.15 Å². The van der Waals surface area contributed by atoms with Crippen molar-refractivity contribution in [3.63, 3.8) is 0 Å². The first kappa shape index (κ1) is 12.4. The highest BCUT2D eigenvalue weighted by Gasteiger charge is 2.13. The van der Waals surface area contributed by atoms with E-state index in [0.717, 1.165) is 5.56 Å². The number of hydrogen-bond acceptors (Lipinski definition) is 4. The maximum Gasteiger partial charge on any atom is 0.308 e. The number of benzene rings is 2. The van der Waals surface area contributed by atoms with Crippen molar-refractivity contribution >= 4 is 27.9 Å². The summed E-state index contributed by atoms with van der Waals surface area (Å²) in [5.41, 5.74) is 1.70. The first-order chi connectivity index (χ1) is 9.56. The highest BCUT2D eigenvalue weighted by molar-refractivity contribution is 5.94. The molecule has 0 N–H and O–H groups in total. The zero-order valence-corrected chi connectivity index (χ0v) is 11.1. The van der Waals surface area contributed by atoms with Gasteiger partial charge in [-0.15, -0.1) is 0 Å². The molecule has 0 fully saturated rings. The number of rotatable bonds is 1. The van der Waals surface area contributed by atoms with Crippen molar-refractivity contribution in [1.82, 2.24) is 0 Å². The van der Waals surface area contributed by atoms with Gasteiger partial charge in [-0.05, 0) is 31.2 Å². The monoisotopic (exact) mass is 268 g/mol. The number of esters is 1. The Labute approximate surface area is 114 Å². The van der Waals surface area contributed by atoms with E-state index in [9.17, 15) is 9.59 Å². The Morgan fingerprint density at radius 3 is 2.70 bits per heavy atom. The van der Waals surface area contributed by atoms with Gasteiger partial charge in [-0.2, -0.15) is 0 Å². The van der Waals surface area contributed by atoms with E-state index in [1.807, 2.05) is 13.0 Å². The van der Waals surface area contributed by atoms with Crippen molar-refractivity contribution in [3.8, 4) is 5.75 Å².